The second-order valence-corrected chi connectivity index (χ2v) is 9.47. The number of ether oxygens (including phenoxy) is 4. The highest BCUT2D eigenvalue weighted by Crippen LogP contribution is 2.35. The standard InChI is InChI=1S/C34H29N3O7/c1-4-42-25-15-16-27-26(19-25)31(22-10-6-5-7-11-22)32(36-27)33(39)37-35-20-24-12-8-9-13-28(24)44-34(40)23-14-17-29(43-21(2)38)30(18-23)41-3/h5-20,36H,4H2,1-3H3,(H,37,39). The molecule has 0 aliphatic heterocycles. The molecule has 1 heterocycles. The van der Waals surface area contributed by atoms with Crippen molar-refractivity contribution in [3.8, 4) is 34.1 Å². The van der Waals surface area contributed by atoms with Crippen molar-refractivity contribution in [2.24, 2.45) is 5.10 Å². The number of aromatic nitrogens is 1. The number of benzene rings is 4. The third-order valence-electron chi connectivity index (χ3n) is 6.51. The van der Waals surface area contributed by atoms with Crippen LogP contribution >= 0.6 is 0 Å². The highest BCUT2D eigenvalue weighted by atomic mass is 16.6. The quantitative estimate of drug-likeness (QED) is 0.0863. The third-order valence-corrected chi connectivity index (χ3v) is 6.51. The smallest absolute Gasteiger partial charge is 0.343 e. The van der Waals surface area contributed by atoms with E-state index in [0.29, 0.717) is 23.6 Å². The highest BCUT2D eigenvalue weighted by Gasteiger charge is 2.20. The maximum Gasteiger partial charge on any atom is 0.343 e. The zero-order valence-electron chi connectivity index (χ0n) is 24.2. The second kappa shape index (κ2) is 13.4. The van der Waals surface area contributed by atoms with Crippen molar-refractivity contribution in [3.05, 3.63) is 108 Å². The first-order valence-electron chi connectivity index (χ1n) is 13.7. The minimum atomic E-state index is -0.667. The lowest BCUT2D eigenvalue weighted by molar-refractivity contribution is -0.132. The summed E-state index contributed by atoms with van der Waals surface area (Å²) in [6, 6.07) is 26.3. The monoisotopic (exact) mass is 591 g/mol. The lowest BCUT2D eigenvalue weighted by Gasteiger charge is -2.11. The van der Waals surface area contributed by atoms with Gasteiger partial charge in [0.25, 0.3) is 5.91 Å². The fraction of sp³-hybridized carbons (Fsp3) is 0.118. The number of amides is 1. The first-order valence-corrected chi connectivity index (χ1v) is 13.7. The van der Waals surface area contributed by atoms with Crippen molar-refractivity contribution >= 4 is 35.0 Å². The highest BCUT2D eigenvalue weighted by molar-refractivity contribution is 6.10. The van der Waals surface area contributed by atoms with Crippen LogP contribution in [0.15, 0.2) is 96.1 Å². The molecular weight excluding hydrogens is 562 g/mol. The summed E-state index contributed by atoms with van der Waals surface area (Å²) in [5, 5.41) is 4.99. The average molecular weight is 592 g/mol. The summed E-state index contributed by atoms with van der Waals surface area (Å²) in [4.78, 5) is 40.9. The first-order chi connectivity index (χ1) is 21.4. The lowest BCUT2D eigenvalue weighted by atomic mass is 10.0. The van der Waals surface area contributed by atoms with Gasteiger partial charge in [0, 0.05) is 29.0 Å². The Hall–Kier alpha value is -5.90. The topological polar surface area (TPSA) is 128 Å². The molecule has 5 rings (SSSR count). The number of fused-ring (bicyclic) bond motifs is 1. The molecule has 10 nitrogen and oxygen atoms in total. The van der Waals surface area contributed by atoms with Gasteiger partial charge in [-0.15, -0.1) is 0 Å². The molecule has 0 unspecified atom stereocenters. The normalized spacial score (nSPS) is 10.9. The van der Waals surface area contributed by atoms with E-state index >= 15 is 0 Å². The van der Waals surface area contributed by atoms with E-state index in [-0.39, 0.29) is 22.8 Å². The van der Waals surface area contributed by atoms with Crippen LogP contribution in [-0.2, 0) is 4.79 Å². The third kappa shape index (κ3) is 6.60. The minimum absolute atomic E-state index is 0.178. The molecular formula is C34H29N3O7. The number of para-hydroxylation sites is 1. The van der Waals surface area contributed by atoms with Crippen LogP contribution in [0.1, 0.15) is 40.3 Å². The zero-order chi connectivity index (χ0) is 31.1. The van der Waals surface area contributed by atoms with E-state index in [4.69, 9.17) is 18.9 Å². The van der Waals surface area contributed by atoms with E-state index in [1.807, 2.05) is 55.5 Å². The molecule has 5 aromatic rings. The number of methoxy groups -OCH3 is 1. The second-order valence-electron chi connectivity index (χ2n) is 9.47. The van der Waals surface area contributed by atoms with Crippen LogP contribution in [0.5, 0.6) is 23.0 Å². The summed E-state index contributed by atoms with van der Waals surface area (Å²) >= 11 is 0. The maximum absolute atomic E-state index is 13.4. The molecule has 44 heavy (non-hydrogen) atoms. The molecule has 0 atom stereocenters. The molecule has 2 N–H and O–H groups in total. The Balaban J connectivity index is 1.36. The number of hydrazone groups is 1. The molecule has 0 bridgehead atoms. The number of nitrogens with zero attached hydrogens (tertiary/aromatic N) is 1. The number of carbonyl (C=O) groups excluding carboxylic acids is 3. The Morgan fingerprint density at radius 1 is 0.864 bits per heavy atom. The molecule has 1 aromatic heterocycles. The van der Waals surface area contributed by atoms with Crippen LogP contribution in [0.2, 0.25) is 0 Å². The molecule has 222 valence electrons. The van der Waals surface area contributed by atoms with E-state index in [2.05, 4.69) is 15.5 Å². The number of nitrogens with one attached hydrogen (secondary N) is 2. The van der Waals surface area contributed by atoms with Gasteiger partial charge in [0.1, 0.15) is 17.2 Å². The molecule has 0 fully saturated rings. The van der Waals surface area contributed by atoms with Gasteiger partial charge >= 0.3 is 11.9 Å². The molecule has 10 heteroatoms. The minimum Gasteiger partial charge on any atom is -0.494 e. The Morgan fingerprint density at radius 3 is 2.39 bits per heavy atom. The number of carbonyl (C=O) groups is 3. The van der Waals surface area contributed by atoms with Crippen molar-refractivity contribution in [1.29, 1.82) is 0 Å². The van der Waals surface area contributed by atoms with Gasteiger partial charge in [0.15, 0.2) is 11.5 Å². The number of H-pyrrole nitrogens is 1. The summed E-state index contributed by atoms with van der Waals surface area (Å²) in [6.45, 7) is 3.70. The van der Waals surface area contributed by atoms with Gasteiger partial charge in [0.2, 0.25) is 0 Å². The summed E-state index contributed by atoms with van der Waals surface area (Å²) in [7, 11) is 1.40. The summed E-state index contributed by atoms with van der Waals surface area (Å²) in [5.41, 5.74) is 5.89. The molecule has 0 radical (unpaired) electrons. The Labute approximate surface area is 253 Å². The number of hydrogen-bond acceptors (Lipinski definition) is 8. The molecule has 4 aromatic carbocycles. The van der Waals surface area contributed by atoms with Crippen LogP contribution in [-0.4, -0.2) is 42.8 Å². The number of esters is 2. The van der Waals surface area contributed by atoms with E-state index < -0.39 is 17.8 Å². The fourth-order valence-corrected chi connectivity index (χ4v) is 4.59. The number of hydrogen-bond donors (Lipinski definition) is 2. The largest absolute Gasteiger partial charge is 0.494 e. The van der Waals surface area contributed by atoms with Gasteiger partial charge in [0.05, 0.1) is 25.5 Å². The van der Waals surface area contributed by atoms with Crippen LogP contribution in [0.3, 0.4) is 0 Å². The zero-order valence-corrected chi connectivity index (χ0v) is 24.2. The van der Waals surface area contributed by atoms with E-state index in [1.165, 1.54) is 38.4 Å². The van der Waals surface area contributed by atoms with Crippen molar-refractivity contribution in [1.82, 2.24) is 10.4 Å². The summed E-state index contributed by atoms with van der Waals surface area (Å²) in [5.74, 6) is -0.337. The molecule has 0 aliphatic carbocycles. The first kappa shape index (κ1) is 29.6. The van der Waals surface area contributed by atoms with Crippen molar-refractivity contribution in [2.75, 3.05) is 13.7 Å². The Kier molecular flexibility index (Phi) is 9.00. The summed E-state index contributed by atoms with van der Waals surface area (Å²) < 4.78 is 21.6. The van der Waals surface area contributed by atoms with E-state index in [1.54, 1.807) is 24.3 Å². The molecule has 0 saturated carbocycles. The van der Waals surface area contributed by atoms with Gasteiger partial charge in [-0.2, -0.15) is 5.10 Å². The fourth-order valence-electron chi connectivity index (χ4n) is 4.59. The van der Waals surface area contributed by atoms with Gasteiger partial charge in [-0.1, -0.05) is 42.5 Å². The van der Waals surface area contributed by atoms with Gasteiger partial charge < -0.3 is 23.9 Å². The van der Waals surface area contributed by atoms with E-state index in [0.717, 1.165) is 22.0 Å². The molecule has 0 aliphatic rings. The predicted molar refractivity (Wildman–Crippen MR) is 166 cm³/mol. The van der Waals surface area contributed by atoms with Gasteiger partial charge in [-0.25, -0.2) is 10.2 Å². The summed E-state index contributed by atoms with van der Waals surface area (Å²) in [6.07, 6.45) is 1.39. The number of aromatic amines is 1. The van der Waals surface area contributed by atoms with E-state index in [9.17, 15) is 14.4 Å². The number of rotatable bonds is 10. The van der Waals surface area contributed by atoms with Crippen LogP contribution in [0.4, 0.5) is 0 Å². The van der Waals surface area contributed by atoms with Crippen molar-refractivity contribution in [2.45, 2.75) is 13.8 Å². The molecule has 0 spiro atoms. The van der Waals surface area contributed by atoms with Crippen molar-refractivity contribution in [3.63, 3.8) is 0 Å². The van der Waals surface area contributed by atoms with Crippen molar-refractivity contribution < 1.29 is 33.3 Å². The SMILES string of the molecule is CCOc1ccc2[nH]c(C(=O)NN=Cc3ccccc3OC(=O)c3ccc(OC(C)=O)c(OC)c3)c(-c3ccccc3)c2c1. The molecule has 0 saturated heterocycles. The lowest BCUT2D eigenvalue weighted by Crippen LogP contribution is -2.19. The van der Waals surface area contributed by atoms with Crippen LogP contribution < -0.4 is 24.4 Å². The molecule has 1 amide bonds. The predicted octanol–water partition coefficient (Wildman–Crippen LogP) is 6.15. The van der Waals surface area contributed by atoms with Crippen LogP contribution in [0.25, 0.3) is 22.0 Å². The van der Waals surface area contributed by atoms with Gasteiger partial charge in [-0.3, -0.25) is 9.59 Å². The van der Waals surface area contributed by atoms with Gasteiger partial charge in [-0.05, 0) is 61.0 Å². The Bertz CT molecular complexity index is 1860. The maximum atomic E-state index is 13.4. The average Bonchev–Trinajstić information content (AvgIpc) is 3.41. The Morgan fingerprint density at radius 2 is 1.64 bits per heavy atom. The van der Waals surface area contributed by atoms with Crippen LogP contribution in [0, 0.1) is 0 Å².